The van der Waals surface area contributed by atoms with Crippen LogP contribution in [0, 0.1) is 0 Å². The van der Waals surface area contributed by atoms with Crippen LogP contribution >= 0.6 is 0 Å². The van der Waals surface area contributed by atoms with E-state index in [9.17, 15) is 0 Å². The van der Waals surface area contributed by atoms with E-state index in [4.69, 9.17) is 0 Å². The second kappa shape index (κ2) is 6.50. The molecule has 140 valence electrons. The largest absolute Gasteiger partial charge is 0.656 e. The second-order valence-electron chi connectivity index (χ2n) is 6.17. The van der Waals surface area contributed by atoms with Gasteiger partial charge in [-0.25, -0.2) is 9.98 Å². The van der Waals surface area contributed by atoms with Gasteiger partial charge in [-0.3, -0.25) is 0 Å². The fourth-order valence-electron chi connectivity index (χ4n) is 3.24. The molecular weight excluding hydrogens is 365 g/mol. The lowest BCUT2D eigenvalue weighted by Gasteiger charge is -2.42. The maximum Gasteiger partial charge on any atom is 0.656 e. The molecule has 0 spiro atoms. The van der Waals surface area contributed by atoms with Crippen LogP contribution in [0.5, 0.6) is 0 Å². The molecule has 10 heteroatoms. The van der Waals surface area contributed by atoms with Crippen molar-refractivity contribution in [2.24, 2.45) is 9.98 Å². The molecule has 7 nitrogen and oxygen atoms in total. The number of fused-ring (bicyclic) bond motifs is 4. The van der Waals surface area contributed by atoms with Gasteiger partial charge in [0.2, 0.25) is 5.84 Å². The first-order chi connectivity index (χ1) is 13.1. The SMILES string of the molecule is F[B-]1(F)N2N/C(=N\c3ccccn3)c3ccccc3C2=Nc2cccc[n+]21.O. The summed E-state index contributed by atoms with van der Waals surface area (Å²) in [7, 11) is 0. The average Bonchev–Trinajstić information content (AvgIpc) is 2.70. The van der Waals surface area contributed by atoms with E-state index in [1.165, 1.54) is 6.20 Å². The first kappa shape index (κ1) is 17.7. The van der Waals surface area contributed by atoms with Crippen molar-refractivity contribution in [2.45, 2.75) is 0 Å². The van der Waals surface area contributed by atoms with Crippen molar-refractivity contribution < 1.29 is 18.6 Å². The summed E-state index contributed by atoms with van der Waals surface area (Å²) in [5, 5.41) is 0. The number of halogens is 2. The number of pyridine rings is 2. The van der Waals surface area contributed by atoms with E-state index >= 15 is 8.63 Å². The molecule has 2 aromatic heterocycles. The number of benzene rings is 1. The van der Waals surface area contributed by atoms with Crippen molar-refractivity contribution in [2.75, 3.05) is 0 Å². The Labute approximate surface area is 159 Å². The summed E-state index contributed by atoms with van der Waals surface area (Å²) in [6, 6.07) is 17.3. The van der Waals surface area contributed by atoms with Gasteiger partial charge < -0.3 is 28.9 Å². The molecule has 1 aromatic carbocycles. The van der Waals surface area contributed by atoms with Gasteiger partial charge in [-0.15, -0.1) is 0 Å². The summed E-state index contributed by atoms with van der Waals surface area (Å²) < 4.78 is 31.4. The molecule has 2 aliphatic rings. The standard InChI is InChI=1S/C18H13BF2N6.H2O/c20-19(21)26-12-6-4-10-16(26)24-18-14-8-2-1-7-13(14)17(25-27(18)19)23-15-9-3-5-11-22-15;/h1-12H,(H,22,23,25);1H2. The number of nitrogens with zero attached hydrogens (tertiary/aromatic N) is 5. The number of nitrogens with one attached hydrogen (secondary N) is 1. The lowest BCUT2D eigenvalue weighted by Crippen LogP contribution is -2.77. The van der Waals surface area contributed by atoms with E-state index in [2.05, 4.69) is 20.4 Å². The van der Waals surface area contributed by atoms with Gasteiger partial charge in [-0.2, -0.15) is 0 Å². The molecule has 0 fully saturated rings. The minimum absolute atomic E-state index is 0. The number of hydrazine groups is 1. The van der Waals surface area contributed by atoms with Crippen LogP contribution in [-0.2, 0) is 0 Å². The summed E-state index contributed by atoms with van der Waals surface area (Å²) in [5.74, 6) is 1.10. The summed E-state index contributed by atoms with van der Waals surface area (Å²) in [6.45, 7) is -4.15. The van der Waals surface area contributed by atoms with Gasteiger partial charge >= 0.3 is 6.97 Å². The monoisotopic (exact) mass is 380 g/mol. The quantitative estimate of drug-likeness (QED) is 0.653. The minimum Gasteiger partial charge on any atom is -0.414 e. The van der Waals surface area contributed by atoms with Crippen molar-refractivity contribution in [1.82, 2.24) is 15.3 Å². The lowest BCUT2D eigenvalue weighted by molar-refractivity contribution is -0.562. The number of hydrogen-bond acceptors (Lipinski definition) is 4. The van der Waals surface area contributed by atoms with Crippen molar-refractivity contribution in [3.05, 3.63) is 84.2 Å². The summed E-state index contributed by atoms with van der Waals surface area (Å²) >= 11 is 0. The van der Waals surface area contributed by atoms with Crippen molar-refractivity contribution in [3.8, 4) is 0 Å². The molecule has 28 heavy (non-hydrogen) atoms. The third-order valence-electron chi connectivity index (χ3n) is 4.49. The van der Waals surface area contributed by atoms with Gasteiger partial charge in [-0.1, -0.05) is 30.3 Å². The highest BCUT2D eigenvalue weighted by atomic mass is 19.2. The highest BCUT2D eigenvalue weighted by Crippen LogP contribution is 2.28. The van der Waals surface area contributed by atoms with E-state index in [-0.39, 0.29) is 17.1 Å². The van der Waals surface area contributed by atoms with Crippen LogP contribution in [0.1, 0.15) is 11.1 Å². The van der Waals surface area contributed by atoms with Gasteiger partial charge in [0.05, 0.1) is 5.56 Å². The number of amidine groups is 2. The number of rotatable bonds is 1. The van der Waals surface area contributed by atoms with Crippen LogP contribution in [0.25, 0.3) is 0 Å². The first-order valence-electron chi connectivity index (χ1n) is 8.41. The molecule has 0 atom stereocenters. The Bertz CT molecular complexity index is 1110. The molecule has 0 unspecified atom stereocenters. The normalized spacial score (nSPS) is 17.4. The highest BCUT2D eigenvalue weighted by molar-refractivity contribution is 6.59. The molecule has 4 heterocycles. The molecule has 3 N–H and O–H groups in total. The third kappa shape index (κ3) is 2.62. The third-order valence-corrected chi connectivity index (χ3v) is 4.49. The minimum atomic E-state index is -4.15. The van der Waals surface area contributed by atoms with E-state index in [0.29, 0.717) is 22.8 Å². The Morgan fingerprint density at radius 1 is 0.964 bits per heavy atom. The molecule has 5 rings (SSSR count). The molecular formula is C18H15BF2N6O. The zero-order valence-electron chi connectivity index (χ0n) is 14.5. The Kier molecular flexibility index (Phi) is 4.12. The van der Waals surface area contributed by atoms with Gasteiger partial charge in [-0.05, 0) is 29.3 Å². The number of hydrogen-bond donors (Lipinski definition) is 1. The Morgan fingerprint density at radius 3 is 2.50 bits per heavy atom. The molecule has 0 radical (unpaired) electrons. The van der Waals surface area contributed by atoms with E-state index in [1.54, 1.807) is 54.7 Å². The Hall–Kier alpha value is -3.66. The molecule has 0 bridgehead atoms. The second-order valence-corrected chi connectivity index (χ2v) is 6.17. The van der Waals surface area contributed by atoms with Gasteiger partial charge in [0, 0.05) is 24.0 Å². The number of aliphatic imine (C=N–C) groups is 2. The highest BCUT2D eigenvalue weighted by Gasteiger charge is 2.52. The van der Waals surface area contributed by atoms with E-state index in [1.807, 2.05) is 12.1 Å². The van der Waals surface area contributed by atoms with Crippen LogP contribution in [-0.4, -0.2) is 34.0 Å². The first-order valence-corrected chi connectivity index (χ1v) is 8.41. The predicted molar refractivity (Wildman–Crippen MR) is 102 cm³/mol. The molecule has 0 amide bonds. The fraction of sp³-hybridized carbons (Fsp3) is 0. The van der Waals surface area contributed by atoms with Crippen molar-refractivity contribution >= 4 is 30.3 Å². The Balaban J connectivity index is 0.00000192. The number of aromatic nitrogens is 2. The van der Waals surface area contributed by atoms with Crippen LogP contribution in [0.4, 0.5) is 20.3 Å². The molecule has 0 aliphatic carbocycles. The van der Waals surface area contributed by atoms with Crippen LogP contribution in [0.15, 0.2) is 83.0 Å². The van der Waals surface area contributed by atoms with Gasteiger partial charge in [0.25, 0.3) is 5.82 Å². The molecule has 0 saturated carbocycles. The summed E-state index contributed by atoms with van der Waals surface area (Å²) in [4.78, 5) is 13.9. The van der Waals surface area contributed by atoms with Crippen LogP contribution < -0.4 is 9.90 Å². The smallest absolute Gasteiger partial charge is 0.414 e. The summed E-state index contributed by atoms with van der Waals surface area (Å²) in [5.41, 5.74) is 4.04. The summed E-state index contributed by atoms with van der Waals surface area (Å²) in [6.07, 6.45) is 2.93. The molecule has 0 saturated heterocycles. The zero-order valence-corrected chi connectivity index (χ0v) is 14.5. The van der Waals surface area contributed by atoms with Gasteiger partial charge in [0.15, 0.2) is 11.7 Å². The average molecular weight is 380 g/mol. The maximum absolute atomic E-state index is 15.3. The van der Waals surface area contributed by atoms with E-state index in [0.717, 1.165) is 9.40 Å². The van der Waals surface area contributed by atoms with E-state index < -0.39 is 6.97 Å². The Morgan fingerprint density at radius 2 is 1.71 bits per heavy atom. The van der Waals surface area contributed by atoms with Crippen molar-refractivity contribution in [1.29, 1.82) is 0 Å². The topological polar surface area (TPSA) is 88.3 Å². The zero-order chi connectivity index (χ0) is 18.4. The predicted octanol–water partition coefficient (Wildman–Crippen LogP) is 1.76. The fourth-order valence-corrected chi connectivity index (χ4v) is 3.24. The molecule has 2 aliphatic heterocycles. The lowest BCUT2D eigenvalue weighted by atomic mass is 9.89. The molecule has 3 aromatic rings. The van der Waals surface area contributed by atoms with Crippen molar-refractivity contribution in [3.63, 3.8) is 0 Å². The van der Waals surface area contributed by atoms with Crippen LogP contribution in [0.2, 0.25) is 0 Å². The maximum atomic E-state index is 15.3. The van der Waals surface area contributed by atoms with Gasteiger partial charge in [0.1, 0.15) is 0 Å². The van der Waals surface area contributed by atoms with Crippen LogP contribution in [0.3, 0.4) is 0 Å².